The monoisotopic (exact) mass is 362 g/mol. The maximum absolute atomic E-state index is 12.2. The molecule has 0 amide bonds. The van der Waals surface area contributed by atoms with Crippen LogP contribution in [0.25, 0.3) is 33.5 Å². The van der Waals surface area contributed by atoms with E-state index < -0.39 is 16.7 Å². The molecule has 0 aliphatic carbocycles. The zero-order valence-electron chi connectivity index (χ0n) is 13.4. The molecule has 0 saturated heterocycles. The van der Waals surface area contributed by atoms with E-state index in [1.165, 1.54) is 6.07 Å². The van der Waals surface area contributed by atoms with Crippen molar-refractivity contribution in [3.63, 3.8) is 0 Å². The van der Waals surface area contributed by atoms with Gasteiger partial charge in [0.25, 0.3) is 0 Å². The molecule has 128 valence electrons. The van der Waals surface area contributed by atoms with Crippen LogP contribution in [0.5, 0.6) is 0 Å². The van der Waals surface area contributed by atoms with E-state index in [-0.39, 0.29) is 10.8 Å². The molecule has 1 aromatic heterocycles. The molecule has 6 heteroatoms. The van der Waals surface area contributed by atoms with Gasteiger partial charge in [-0.3, -0.25) is 4.21 Å². The van der Waals surface area contributed by atoms with Crippen LogP contribution in [0.1, 0.15) is 0 Å². The van der Waals surface area contributed by atoms with Crippen molar-refractivity contribution in [2.45, 2.75) is 4.90 Å². The molecular formula is C20H12NO4S-. The van der Waals surface area contributed by atoms with Crippen LogP contribution in [-0.2, 0) is 11.1 Å². The Bertz CT molecular complexity index is 1200. The molecule has 3 aromatic carbocycles. The molecule has 0 aliphatic rings. The Balaban J connectivity index is 1.83. The smallest absolute Gasteiger partial charge is 0.347 e. The van der Waals surface area contributed by atoms with Crippen LogP contribution in [0.2, 0.25) is 0 Å². The molecular weight excluding hydrogens is 350 g/mol. The Labute approximate surface area is 151 Å². The molecule has 1 unspecified atom stereocenters. The van der Waals surface area contributed by atoms with E-state index in [4.69, 9.17) is 4.42 Å². The average molecular weight is 362 g/mol. The van der Waals surface area contributed by atoms with Gasteiger partial charge in [-0.2, -0.15) is 0 Å². The molecule has 0 spiro atoms. The van der Waals surface area contributed by atoms with Crippen LogP contribution >= 0.6 is 0 Å². The van der Waals surface area contributed by atoms with E-state index in [0.717, 1.165) is 11.1 Å². The molecule has 0 aliphatic heterocycles. The Kier molecular flexibility index (Phi) is 4.20. The number of para-hydroxylation sites is 1. The zero-order chi connectivity index (χ0) is 18.1. The molecule has 0 radical (unpaired) electrons. The Morgan fingerprint density at radius 1 is 0.846 bits per heavy atom. The number of fused-ring (bicyclic) bond motifs is 1. The standard InChI is InChI=1S/C20H13NO4S/c22-20-17-9-1-2-10-18(17)21-19(25-20)15-7-3-5-13(11-15)14-6-4-8-16(12-14)26(23)24/h1-12H,(H,23,24)/p-1. The second-order valence-electron chi connectivity index (χ2n) is 5.67. The summed E-state index contributed by atoms with van der Waals surface area (Å²) in [6.07, 6.45) is 0. The fourth-order valence-corrected chi connectivity index (χ4v) is 3.17. The fraction of sp³-hybridized carbons (Fsp3) is 0. The first kappa shape index (κ1) is 16.4. The first-order valence-corrected chi connectivity index (χ1v) is 8.89. The molecule has 1 atom stereocenters. The van der Waals surface area contributed by atoms with Crippen LogP contribution in [0, 0.1) is 0 Å². The first-order chi connectivity index (χ1) is 12.6. The summed E-state index contributed by atoms with van der Waals surface area (Å²) >= 11 is -2.30. The van der Waals surface area contributed by atoms with Crippen molar-refractivity contribution in [2.24, 2.45) is 0 Å². The van der Waals surface area contributed by atoms with Crippen molar-refractivity contribution in [2.75, 3.05) is 0 Å². The lowest BCUT2D eigenvalue weighted by molar-refractivity contribution is 0.518. The van der Waals surface area contributed by atoms with Crippen LogP contribution in [0.4, 0.5) is 0 Å². The maximum Gasteiger partial charge on any atom is 0.347 e. The number of hydrogen-bond donors (Lipinski definition) is 0. The van der Waals surface area contributed by atoms with Gasteiger partial charge in [0.1, 0.15) is 0 Å². The molecule has 5 nitrogen and oxygen atoms in total. The van der Waals surface area contributed by atoms with Gasteiger partial charge in [-0.1, -0.05) is 36.4 Å². The van der Waals surface area contributed by atoms with E-state index in [1.807, 2.05) is 30.3 Å². The minimum atomic E-state index is -2.30. The zero-order valence-corrected chi connectivity index (χ0v) is 14.2. The number of aromatic nitrogens is 1. The Morgan fingerprint density at radius 2 is 1.54 bits per heavy atom. The van der Waals surface area contributed by atoms with E-state index in [9.17, 15) is 13.6 Å². The van der Waals surface area contributed by atoms with Crippen LogP contribution < -0.4 is 5.63 Å². The number of rotatable bonds is 3. The highest BCUT2D eigenvalue weighted by Gasteiger charge is 2.09. The Morgan fingerprint density at radius 3 is 2.35 bits per heavy atom. The average Bonchev–Trinajstić information content (AvgIpc) is 2.68. The summed E-state index contributed by atoms with van der Waals surface area (Å²) in [6, 6.07) is 20.9. The van der Waals surface area contributed by atoms with Gasteiger partial charge in [-0.15, -0.1) is 0 Å². The van der Waals surface area contributed by atoms with Gasteiger partial charge in [0.05, 0.1) is 10.9 Å². The predicted octanol–water partition coefficient (Wildman–Crippen LogP) is 3.76. The van der Waals surface area contributed by atoms with Gasteiger partial charge in [-0.05, 0) is 58.6 Å². The second kappa shape index (κ2) is 6.67. The van der Waals surface area contributed by atoms with Crippen LogP contribution in [0.15, 0.2) is 86.9 Å². The summed E-state index contributed by atoms with van der Waals surface area (Å²) < 4.78 is 27.7. The van der Waals surface area contributed by atoms with Crippen LogP contribution in [0.3, 0.4) is 0 Å². The minimum absolute atomic E-state index is 0.211. The molecule has 1 heterocycles. The van der Waals surface area contributed by atoms with Gasteiger partial charge in [0, 0.05) is 10.5 Å². The minimum Gasteiger partial charge on any atom is -0.768 e. The summed E-state index contributed by atoms with van der Waals surface area (Å²) in [7, 11) is 0. The van der Waals surface area contributed by atoms with E-state index in [2.05, 4.69) is 4.98 Å². The maximum atomic E-state index is 12.2. The summed E-state index contributed by atoms with van der Waals surface area (Å²) in [6.45, 7) is 0. The highest BCUT2D eigenvalue weighted by molar-refractivity contribution is 7.79. The topological polar surface area (TPSA) is 83.2 Å². The normalized spacial score (nSPS) is 12.2. The van der Waals surface area contributed by atoms with Gasteiger partial charge >= 0.3 is 5.63 Å². The molecule has 0 bridgehead atoms. The number of benzene rings is 3. The van der Waals surface area contributed by atoms with Gasteiger partial charge in [0.15, 0.2) is 0 Å². The Hall–Kier alpha value is -3.09. The molecule has 0 saturated carbocycles. The van der Waals surface area contributed by atoms with Crippen molar-refractivity contribution >= 4 is 22.0 Å². The third kappa shape index (κ3) is 3.08. The quantitative estimate of drug-likeness (QED) is 0.518. The van der Waals surface area contributed by atoms with E-state index in [0.29, 0.717) is 16.5 Å². The highest BCUT2D eigenvalue weighted by Crippen LogP contribution is 2.26. The molecule has 0 fully saturated rings. The molecule has 4 rings (SSSR count). The van der Waals surface area contributed by atoms with Gasteiger partial charge in [0.2, 0.25) is 5.89 Å². The lowest BCUT2D eigenvalue weighted by Gasteiger charge is -2.09. The van der Waals surface area contributed by atoms with Crippen molar-refractivity contribution in [1.82, 2.24) is 4.98 Å². The van der Waals surface area contributed by atoms with E-state index in [1.54, 1.807) is 36.4 Å². The first-order valence-electron chi connectivity index (χ1n) is 7.82. The molecule has 0 N–H and O–H groups in total. The fourth-order valence-electron chi connectivity index (χ4n) is 2.75. The van der Waals surface area contributed by atoms with Crippen molar-refractivity contribution < 1.29 is 13.2 Å². The summed E-state index contributed by atoms with van der Waals surface area (Å²) in [5.41, 5.74) is 2.30. The summed E-state index contributed by atoms with van der Waals surface area (Å²) in [5.74, 6) is 0.221. The second-order valence-corrected chi connectivity index (χ2v) is 6.61. The van der Waals surface area contributed by atoms with Crippen molar-refractivity contribution in [3.05, 3.63) is 83.2 Å². The molecule has 26 heavy (non-hydrogen) atoms. The lowest BCUT2D eigenvalue weighted by Crippen LogP contribution is -2.02. The third-order valence-corrected chi connectivity index (χ3v) is 4.64. The van der Waals surface area contributed by atoms with E-state index >= 15 is 0 Å². The third-order valence-electron chi connectivity index (χ3n) is 4.00. The summed E-state index contributed by atoms with van der Waals surface area (Å²) in [4.78, 5) is 16.8. The van der Waals surface area contributed by atoms with Crippen molar-refractivity contribution in [1.29, 1.82) is 0 Å². The highest BCUT2D eigenvalue weighted by atomic mass is 32.2. The lowest BCUT2D eigenvalue weighted by atomic mass is 10.0. The number of hydrogen-bond acceptors (Lipinski definition) is 5. The largest absolute Gasteiger partial charge is 0.768 e. The van der Waals surface area contributed by atoms with Gasteiger partial charge in [-0.25, -0.2) is 9.78 Å². The van der Waals surface area contributed by atoms with Crippen molar-refractivity contribution in [3.8, 4) is 22.6 Å². The predicted molar refractivity (Wildman–Crippen MR) is 98.3 cm³/mol. The van der Waals surface area contributed by atoms with Crippen LogP contribution in [-0.4, -0.2) is 13.7 Å². The summed E-state index contributed by atoms with van der Waals surface area (Å²) in [5, 5.41) is 0.429. The SMILES string of the molecule is O=c1oc(-c2cccc(-c3cccc(S(=O)[O-])c3)c2)nc2ccccc12. The number of nitrogens with zero attached hydrogens (tertiary/aromatic N) is 1. The van der Waals surface area contributed by atoms with Gasteiger partial charge < -0.3 is 8.97 Å². The molecule has 4 aromatic rings.